The van der Waals surface area contributed by atoms with Crippen molar-refractivity contribution in [1.82, 2.24) is 0 Å². The summed E-state index contributed by atoms with van der Waals surface area (Å²) in [5.41, 5.74) is 30.0. The molecular formula is C55H52N4. The summed E-state index contributed by atoms with van der Waals surface area (Å²) in [6, 6.07) is 65.9. The normalized spacial score (nSPS) is 10.4. The van der Waals surface area contributed by atoms with Crippen molar-refractivity contribution in [2.45, 2.75) is 6.92 Å². The van der Waals surface area contributed by atoms with E-state index in [1.165, 1.54) is 34.9 Å². The van der Waals surface area contributed by atoms with Gasteiger partial charge in [-0.15, -0.1) is 0 Å². The van der Waals surface area contributed by atoms with Gasteiger partial charge >= 0.3 is 0 Å². The quantitative estimate of drug-likeness (QED) is 0.0703. The molecule has 0 spiro atoms. The Kier molecular flexibility index (Phi) is 16.1. The van der Waals surface area contributed by atoms with Crippen LogP contribution in [0.15, 0.2) is 231 Å². The van der Waals surface area contributed by atoms with Crippen LogP contribution in [-0.4, -0.2) is 12.8 Å². The summed E-state index contributed by atoms with van der Waals surface area (Å²) in [6.45, 7) is 5.49. The third-order valence-electron chi connectivity index (χ3n) is 9.55. The van der Waals surface area contributed by atoms with Gasteiger partial charge in [-0.25, -0.2) is 0 Å². The number of nitrogens with two attached hydrogens (primary N) is 3. The molecule has 0 bridgehead atoms. The van der Waals surface area contributed by atoms with E-state index in [1.807, 2.05) is 122 Å². The second-order valence-electron chi connectivity index (χ2n) is 13.3. The molecule has 7 N–H and O–H groups in total. The zero-order valence-electron chi connectivity index (χ0n) is 33.8. The first kappa shape index (κ1) is 42.6. The van der Waals surface area contributed by atoms with Crippen LogP contribution in [0.5, 0.6) is 0 Å². The van der Waals surface area contributed by atoms with Crippen LogP contribution in [0, 0.1) is 5.41 Å². The molecule has 59 heavy (non-hydrogen) atoms. The summed E-state index contributed by atoms with van der Waals surface area (Å²) in [7, 11) is 1.50. The highest BCUT2D eigenvalue weighted by Crippen LogP contribution is 2.36. The van der Waals surface area contributed by atoms with Crippen molar-refractivity contribution in [1.29, 1.82) is 5.41 Å². The third kappa shape index (κ3) is 11.3. The number of hydrogen-bond donors (Lipinski definition) is 4. The summed E-state index contributed by atoms with van der Waals surface area (Å²) in [5, 5.41) is 10.7. The van der Waals surface area contributed by atoms with Crippen molar-refractivity contribution >= 4 is 27.9 Å². The van der Waals surface area contributed by atoms with Gasteiger partial charge in [0.25, 0.3) is 0 Å². The minimum Gasteiger partial charge on any atom is -0.398 e. The lowest BCUT2D eigenvalue weighted by Gasteiger charge is -2.12. The maximum absolute atomic E-state index is 8.58. The van der Waals surface area contributed by atoms with Crippen LogP contribution >= 0.6 is 0 Å². The van der Waals surface area contributed by atoms with Gasteiger partial charge in [0.2, 0.25) is 0 Å². The van der Waals surface area contributed by atoms with Gasteiger partial charge in [0.15, 0.2) is 0 Å². The summed E-state index contributed by atoms with van der Waals surface area (Å²) < 4.78 is 0. The molecule has 8 rings (SSSR count). The molecule has 0 aliphatic heterocycles. The van der Waals surface area contributed by atoms with E-state index in [-0.39, 0.29) is 0 Å². The SMILES string of the molecule is C=C/C=C\C=C/C.CN.N=C(c1ccc(-c2ccccc2)cc1)c1ccc2ccccc2c1N.Nc1ccccc1-c1ccccc1-c1ccc(-c2ccccc2)cc1. The van der Waals surface area contributed by atoms with Crippen LogP contribution in [-0.2, 0) is 0 Å². The largest absolute Gasteiger partial charge is 0.398 e. The van der Waals surface area contributed by atoms with Gasteiger partial charge in [-0.1, -0.05) is 225 Å². The van der Waals surface area contributed by atoms with Gasteiger partial charge in [-0.3, -0.25) is 5.41 Å². The Labute approximate surface area is 349 Å². The Bertz CT molecular complexity index is 2610. The van der Waals surface area contributed by atoms with Gasteiger partial charge < -0.3 is 17.2 Å². The van der Waals surface area contributed by atoms with E-state index in [0.29, 0.717) is 11.4 Å². The van der Waals surface area contributed by atoms with Crippen molar-refractivity contribution in [2.75, 3.05) is 18.5 Å². The molecule has 0 saturated carbocycles. The molecule has 0 unspecified atom stereocenters. The zero-order chi connectivity index (χ0) is 41.8. The first-order valence-electron chi connectivity index (χ1n) is 19.6. The van der Waals surface area contributed by atoms with E-state index >= 15 is 0 Å². The molecule has 0 aliphatic carbocycles. The molecule has 0 amide bonds. The lowest BCUT2D eigenvalue weighted by atomic mass is 9.93. The number of benzene rings is 8. The molecule has 0 atom stereocenters. The fraction of sp³-hybridized carbons (Fsp3) is 0.0364. The highest BCUT2D eigenvalue weighted by atomic mass is 14.6. The van der Waals surface area contributed by atoms with Gasteiger partial charge in [-0.05, 0) is 64.4 Å². The number of nitrogen functional groups attached to an aromatic ring is 2. The Balaban J connectivity index is 0.000000187. The predicted octanol–water partition coefficient (Wildman–Crippen LogP) is 13.7. The van der Waals surface area contributed by atoms with Crippen LogP contribution < -0.4 is 17.2 Å². The number of nitrogens with one attached hydrogen (secondary N) is 1. The lowest BCUT2D eigenvalue weighted by molar-refractivity contribution is 1.46. The molecule has 0 aromatic heterocycles. The molecule has 0 heterocycles. The Morgan fingerprint density at radius 1 is 0.458 bits per heavy atom. The first-order chi connectivity index (χ1) is 29.0. The number of fused-ring (bicyclic) bond motifs is 1. The van der Waals surface area contributed by atoms with Crippen LogP contribution in [0.25, 0.3) is 55.3 Å². The molecular weight excluding hydrogens is 717 g/mol. The lowest BCUT2D eigenvalue weighted by Crippen LogP contribution is -2.05. The summed E-state index contributed by atoms with van der Waals surface area (Å²) in [6.07, 6.45) is 9.51. The fourth-order valence-corrected chi connectivity index (χ4v) is 6.57. The van der Waals surface area contributed by atoms with Crippen LogP contribution in [0.4, 0.5) is 11.4 Å². The Morgan fingerprint density at radius 3 is 1.51 bits per heavy atom. The fourth-order valence-electron chi connectivity index (χ4n) is 6.57. The number of anilines is 2. The van der Waals surface area contributed by atoms with Crippen molar-refractivity contribution < 1.29 is 0 Å². The molecule has 0 aliphatic rings. The maximum atomic E-state index is 8.58. The maximum Gasteiger partial charge on any atom is 0.0705 e. The topological polar surface area (TPSA) is 102 Å². The van der Waals surface area contributed by atoms with E-state index < -0.39 is 0 Å². The number of allylic oxidation sites excluding steroid dienone is 5. The van der Waals surface area contributed by atoms with E-state index in [0.717, 1.165) is 44.3 Å². The van der Waals surface area contributed by atoms with Crippen LogP contribution in [0.1, 0.15) is 18.1 Å². The summed E-state index contributed by atoms with van der Waals surface area (Å²) in [5.74, 6) is 0. The number of para-hydroxylation sites is 1. The van der Waals surface area contributed by atoms with E-state index in [2.05, 4.69) is 115 Å². The molecule has 4 nitrogen and oxygen atoms in total. The molecule has 8 aromatic rings. The average molecular weight is 769 g/mol. The van der Waals surface area contributed by atoms with E-state index in [9.17, 15) is 0 Å². The Hall–Kier alpha value is -7.53. The van der Waals surface area contributed by atoms with Crippen molar-refractivity contribution in [3.8, 4) is 44.5 Å². The highest BCUT2D eigenvalue weighted by Gasteiger charge is 2.12. The van der Waals surface area contributed by atoms with Crippen molar-refractivity contribution in [2.24, 2.45) is 5.73 Å². The smallest absolute Gasteiger partial charge is 0.0705 e. The Morgan fingerprint density at radius 2 is 0.932 bits per heavy atom. The van der Waals surface area contributed by atoms with Crippen molar-refractivity contribution in [3.63, 3.8) is 0 Å². The second kappa shape index (κ2) is 22.3. The first-order valence-corrected chi connectivity index (χ1v) is 19.6. The third-order valence-corrected chi connectivity index (χ3v) is 9.55. The minimum atomic E-state index is 0.447. The summed E-state index contributed by atoms with van der Waals surface area (Å²) >= 11 is 0. The molecule has 8 aromatic carbocycles. The van der Waals surface area contributed by atoms with E-state index in [1.54, 1.807) is 6.08 Å². The van der Waals surface area contributed by atoms with Gasteiger partial charge in [0.1, 0.15) is 0 Å². The van der Waals surface area contributed by atoms with Crippen LogP contribution in [0.2, 0.25) is 0 Å². The molecule has 0 saturated heterocycles. The molecule has 0 radical (unpaired) electrons. The molecule has 4 heteroatoms. The van der Waals surface area contributed by atoms with Gasteiger partial charge in [0, 0.05) is 33.5 Å². The monoisotopic (exact) mass is 768 g/mol. The number of rotatable bonds is 8. The predicted molar refractivity (Wildman–Crippen MR) is 258 cm³/mol. The van der Waals surface area contributed by atoms with Gasteiger partial charge in [-0.2, -0.15) is 0 Å². The van der Waals surface area contributed by atoms with Crippen LogP contribution in [0.3, 0.4) is 0 Å². The molecule has 0 fully saturated rings. The summed E-state index contributed by atoms with van der Waals surface area (Å²) in [4.78, 5) is 0. The van der Waals surface area contributed by atoms with Crippen molar-refractivity contribution in [3.05, 3.63) is 242 Å². The van der Waals surface area contributed by atoms with Gasteiger partial charge in [0.05, 0.1) is 5.71 Å². The second-order valence-corrected chi connectivity index (χ2v) is 13.3. The zero-order valence-corrected chi connectivity index (χ0v) is 33.8. The minimum absolute atomic E-state index is 0.447. The van der Waals surface area contributed by atoms with E-state index in [4.69, 9.17) is 16.9 Å². The number of hydrogen-bond acceptors (Lipinski definition) is 4. The average Bonchev–Trinajstić information content (AvgIpc) is 3.31. The molecule has 292 valence electrons. The highest BCUT2D eigenvalue weighted by molar-refractivity contribution is 6.17. The standard InChI is InChI=1S/C24H19N.C23H18N2.C7H10.CH5N/c25-24-13-7-6-12-23(24)22-11-5-4-10-21(22)20-16-14-19(15-17-20)18-8-2-1-3-9-18;24-22(21-15-14-18-8-4-5-9-20(18)23(21)25)19-12-10-17(11-13-19)16-6-2-1-3-7-16;1-3-5-7-6-4-2;1-2/h1-17H,25H2;1-15,24H,25H2;3-7H,1H2,2H3;2H2,1H3/b;;6-4-,7-5-;.